The second-order valence-corrected chi connectivity index (χ2v) is 7.14. The average Bonchev–Trinajstić information content (AvgIpc) is 2.71. The van der Waals surface area contributed by atoms with Crippen LogP contribution in [0.25, 0.3) is 0 Å². The summed E-state index contributed by atoms with van der Waals surface area (Å²) in [5.41, 5.74) is -0.596. The maximum Gasteiger partial charge on any atom is 0.416 e. The minimum atomic E-state index is -4.47. The number of halogens is 4. The molecule has 1 amide bonds. The predicted molar refractivity (Wildman–Crippen MR) is 111 cm³/mol. The molecule has 1 aromatic carbocycles. The van der Waals surface area contributed by atoms with Crippen molar-refractivity contribution < 1.29 is 27.9 Å². The first kappa shape index (κ1) is 26.0. The number of hydrogen-bond donors (Lipinski definition) is 3. The van der Waals surface area contributed by atoms with E-state index in [0.717, 1.165) is 44.5 Å². The number of carbonyl (C=O) groups excluding carboxylic acids is 1. The SMILES string of the molecule is CC.O=C1C(Nc2cc(Cl)cc(C(F)(F)F)c2)CCCN1C1CCCNC1.O=CO. The topological polar surface area (TPSA) is 81.7 Å². The third-order valence-electron chi connectivity index (χ3n) is 4.75. The lowest BCUT2D eigenvalue weighted by Crippen LogP contribution is -2.55. The van der Waals surface area contributed by atoms with Crippen molar-refractivity contribution in [1.82, 2.24) is 10.2 Å². The minimum absolute atomic E-state index is 0.00563. The van der Waals surface area contributed by atoms with Gasteiger partial charge in [0, 0.05) is 29.8 Å². The molecule has 0 spiro atoms. The van der Waals surface area contributed by atoms with E-state index in [1.165, 1.54) is 6.07 Å². The third kappa shape index (κ3) is 7.68. The number of nitrogens with one attached hydrogen (secondary N) is 2. The molecule has 2 aliphatic heterocycles. The summed E-state index contributed by atoms with van der Waals surface area (Å²) in [6.07, 6.45) is -1.07. The van der Waals surface area contributed by atoms with Crippen LogP contribution >= 0.6 is 11.6 Å². The highest BCUT2D eigenvalue weighted by Crippen LogP contribution is 2.34. The van der Waals surface area contributed by atoms with E-state index in [1.807, 2.05) is 18.7 Å². The molecule has 2 heterocycles. The quantitative estimate of drug-likeness (QED) is 0.599. The molecule has 6 nitrogen and oxygen atoms in total. The number of piperidine rings is 2. The largest absolute Gasteiger partial charge is 0.483 e. The van der Waals surface area contributed by atoms with Gasteiger partial charge in [-0.25, -0.2) is 0 Å². The Balaban J connectivity index is 0.000000826. The van der Waals surface area contributed by atoms with Gasteiger partial charge in [0.25, 0.3) is 6.47 Å². The zero-order chi connectivity index (χ0) is 22.7. The van der Waals surface area contributed by atoms with Crippen molar-refractivity contribution in [3.05, 3.63) is 28.8 Å². The van der Waals surface area contributed by atoms with Crippen molar-refractivity contribution in [3.63, 3.8) is 0 Å². The number of carbonyl (C=O) groups is 2. The molecule has 3 N–H and O–H groups in total. The average molecular weight is 452 g/mol. The third-order valence-corrected chi connectivity index (χ3v) is 4.97. The molecule has 0 radical (unpaired) electrons. The Hall–Kier alpha value is -2.00. The van der Waals surface area contributed by atoms with Crippen molar-refractivity contribution in [2.75, 3.05) is 25.0 Å². The highest BCUT2D eigenvalue weighted by molar-refractivity contribution is 6.31. The number of amides is 1. The normalized spacial score (nSPS) is 21.5. The number of rotatable bonds is 3. The fourth-order valence-corrected chi connectivity index (χ4v) is 3.77. The zero-order valence-electron chi connectivity index (χ0n) is 17.1. The number of carboxylic acid groups (broad SMARTS) is 1. The van der Waals surface area contributed by atoms with Crippen molar-refractivity contribution in [2.45, 2.75) is 57.8 Å². The molecule has 2 atom stereocenters. The van der Waals surface area contributed by atoms with E-state index in [1.54, 1.807) is 0 Å². The summed E-state index contributed by atoms with van der Waals surface area (Å²) in [6.45, 7) is 6.18. The number of likely N-dealkylation sites (tertiary alicyclic amines) is 1. The van der Waals surface area contributed by atoms with Crippen LogP contribution in [-0.2, 0) is 15.8 Å². The number of nitrogens with zero attached hydrogens (tertiary/aromatic N) is 1. The molecule has 170 valence electrons. The second kappa shape index (κ2) is 12.6. The van der Waals surface area contributed by atoms with Gasteiger partial charge >= 0.3 is 6.18 Å². The van der Waals surface area contributed by atoms with Gasteiger partial charge in [-0.3, -0.25) is 9.59 Å². The lowest BCUT2D eigenvalue weighted by molar-refractivity contribution is -0.137. The lowest BCUT2D eigenvalue weighted by atomic mass is 9.98. The van der Waals surface area contributed by atoms with E-state index >= 15 is 0 Å². The van der Waals surface area contributed by atoms with Crippen LogP contribution in [0.3, 0.4) is 0 Å². The van der Waals surface area contributed by atoms with Gasteiger partial charge in [0.2, 0.25) is 5.91 Å². The van der Waals surface area contributed by atoms with Crippen LogP contribution in [0.5, 0.6) is 0 Å². The summed E-state index contributed by atoms with van der Waals surface area (Å²) >= 11 is 5.82. The zero-order valence-corrected chi connectivity index (χ0v) is 17.9. The van der Waals surface area contributed by atoms with Crippen LogP contribution in [0.1, 0.15) is 45.1 Å². The first-order valence-electron chi connectivity index (χ1n) is 9.99. The van der Waals surface area contributed by atoms with Crippen LogP contribution in [0.15, 0.2) is 18.2 Å². The smallest absolute Gasteiger partial charge is 0.416 e. The highest BCUT2D eigenvalue weighted by atomic mass is 35.5. The Morgan fingerprint density at radius 3 is 2.47 bits per heavy atom. The molecule has 2 fully saturated rings. The van der Waals surface area contributed by atoms with Crippen LogP contribution in [0.4, 0.5) is 18.9 Å². The first-order valence-corrected chi connectivity index (χ1v) is 10.4. The van der Waals surface area contributed by atoms with Crippen molar-refractivity contribution in [2.24, 2.45) is 0 Å². The van der Waals surface area contributed by atoms with E-state index in [4.69, 9.17) is 21.5 Å². The summed E-state index contributed by atoms with van der Waals surface area (Å²) in [6, 6.07) is 2.95. The summed E-state index contributed by atoms with van der Waals surface area (Å²) in [5, 5.41) is 13.1. The summed E-state index contributed by atoms with van der Waals surface area (Å²) in [7, 11) is 0. The van der Waals surface area contributed by atoms with Gasteiger partial charge in [-0.05, 0) is 50.4 Å². The molecule has 3 rings (SSSR count). The monoisotopic (exact) mass is 451 g/mol. The number of benzene rings is 1. The van der Waals surface area contributed by atoms with E-state index in [2.05, 4.69) is 10.6 Å². The predicted octanol–water partition coefficient (Wildman–Crippen LogP) is 4.24. The number of anilines is 1. The molecule has 2 saturated heterocycles. The number of alkyl halides is 3. The Bertz CT molecular complexity index is 683. The molecular weight excluding hydrogens is 423 g/mol. The van der Waals surface area contributed by atoms with E-state index in [0.29, 0.717) is 13.0 Å². The summed E-state index contributed by atoms with van der Waals surface area (Å²) < 4.78 is 38.8. The van der Waals surface area contributed by atoms with Crippen LogP contribution in [0.2, 0.25) is 5.02 Å². The standard InChI is InChI=1S/C17H21ClF3N3O.C2H6.CH2O2/c18-12-7-11(17(19,20)21)8-13(9-12)23-15-4-2-6-24(16(15)25)14-3-1-5-22-10-14;1-2;2-1-3/h7-9,14-15,22-23H,1-6,10H2;1-2H3;1H,(H,2,3). The molecule has 10 heteroatoms. The van der Waals surface area contributed by atoms with Crippen LogP contribution < -0.4 is 10.6 Å². The van der Waals surface area contributed by atoms with Crippen molar-refractivity contribution in [3.8, 4) is 0 Å². The molecule has 0 saturated carbocycles. The van der Waals surface area contributed by atoms with E-state index < -0.39 is 17.8 Å². The Morgan fingerprint density at radius 2 is 1.90 bits per heavy atom. The molecule has 1 aromatic rings. The first-order chi connectivity index (χ1) is 14.3. The summed E-state index contributed by atoms with van der Waals surface area (Å²) in [5.74, 6) is -0.0477. The van der Waals surface area contributed by atoms with E-state index in [-0.39, 0.29) is 29.1 Å². The molecular formula is C20H29ClF3N3O3. The minimum Gasteiger partial charge on any atom is -0.483 e. The highest BCUT2D eigenvalue weighted by Gasteiger charge is 2.35. The second-order valence-electron chi connectivity index (χ2n) is 6.70. The van der Waals surface area contributed by atoms with Crippen LogP contribution in [0, 0.1) is 0 Å². The maximum absolute atomic E-state index is 12.9. The molecule has 0 bridgehead atoms. The van der Waals surface area contributed by atoms with Crippen LogP contribution in [-0.4, -0.2) is 54.1 Å². The van der Waals surface area contributed by atoms with Gasteiger partial charge in [0.1, 0.15) is 6.04 Å². The van der Waals surface area contributed by atoms with Gasteiger partial charge in [-0.1, -0.05) is 25.4 Å². The molecule has 30 heavy (non-hydrogen) atoms. The Labute approximate surface area is 179 Å². The van der Waals surface area contributed by atoms with Gasteiger partial charge < -0.3 is 20.6 Å². The molecule has 2 unspecified atom stereocenters. The fraction of sp³-hybridized carbons (Fsp3) is 0.600. The van der Waals surface area contributed by atoms with Gasteiger partial charge in [-0.15, -0.1) is 0 Å². The molecule has 0 aromatic heterocycles. The van der Waals surface area contributed by atoms with Crippen molar-refractivity contribution in [1.29, 1.82) is 0 Å². The Morgan fingerprint density at radius 1 is 1.23 bits per heavy atom. The van der Waals surface area contributed by atoms with E-state index in [9.17, 15) is 18.0 Å². The number of hydrogen-bond acceptors (Lipinski definition) is 4. The maximum atomic E-state index is 12.9. The summed E-state index contributed by atoms with van der Waals surface area (Å²) in [4.78, 5) is 23.0. The van der Waals surface area contributed by atoms with Crippen molar-refractivity contribution >= 4 is 29.7 Å². The molecule has 0 aliphatic carbocycles. The van der Waals surface area contributed by atoms with Gasteiger partial charge in [-0.2, -0.15) is 13.2 Å². The van der Waals surface area contributed by atoms with Gasteiger partial charge in [0.15, 0.2) is 0 Å². The molecule has 2 aliphatic rings. The fourth-order valence-electron chi connectivity index (χ4n) is 3.53. The van der Waals surface area contributed by atoms with Gasteiger partial charge in [0.05, 0.1) is 5.56 Å². The lowest BCUT2D eigenvalue weighted by Gasteiger charge is -2.40. The Kier molecular flexibility index (Phi) is 11.0.